The van der Waals surface area contributed by atoms with Gasteiger partial charge in [0.25, 0.3) is 0 Å². The highest BCUT2D eigenvalue weighted by Crippen LogP contribution is 2.26. The SMILES string of the molecule is CC#CCC(NN)c1cccc(F)c1Cl. The molecule has 0 radical (unpaired) electrons. The van der Waals surface area contributed by atoms with E-state index in [1.54, 1.807) is 19.1 Å². The molecule has 0 aromatic heterocycles. The monoisotopic (exact) mass is 226 g/mol. The Hall–Kier alpha value is -1.08. The number of hydrogen-bond acceptors (Lipinski definition) is 2. The molecule has 4 heteroatoms. The summed E-state index contributed by atoms with van der Waals surface area (Å²) in [5, 5.41) is 0.0957. The van der Waals surface area contributed by atoms with Crippen molar-refractivity contribution in [3.05, 3.63) is 34.6 Å². The van der Waals surface area contributed by atoms with E-state index in [9.17, 15) is 4.39 Å². The second-order valence-corrected chi connectivity index (χ2v) is 3.37. The number of hydrogen-bond donors (Lipinski definition) is 2. The minimum Gasteiger partial charge on any atom is -0.271 e. The summed E-state index contributed by atoms with van der Waals surface area (Å²) in [6.07, 6.45) is 0.496. The highest BCUT2D eigenvalue weighted by atomic mass is 35.5. The molecule has 2 nitrogen and oxygen atoms in total. The topological polar surface area (TPSA) is 38.0 Å². The lowest BCUT2D eigenvalue weighted by Gasteiger charge is -2.15. The fraction of sp³-hybridized carbons (Fsp3) is 0.273. The Labute approximate surface area is 93.6 Å². The predicted octanol–water partition coefficient (Wildman–Crippen LogP) is 2.40. The van der Waals surface area contributed by atoms with Crippen molar-refractivity contribution in [2.75, 3.05) is 0 Å². The second kappa shape index (κ2) is 5.72. The molecule has 0 heterocycles. The minimum absolute atomic E-state index is 0.0957. The molecule has 0 amide bonds. The quantitative estimate of drug-likeness (QED) is 0.472. The van der Waals surface area contributed by atoms with E-state index in [2.05, 4.69) is 17.3 Å². The van der Waals surface area contributed by atoms with Crippen LogP contribution in [0.3, 0.4) is 0 Å². The first-order chi connectivity index (χ1) is 7.20. The maximum atomic E-state index is 13.2. The fourth-order valence-corrected chi connectivity index (χ4v) is 1.51. The molecular weight excluding hydrogens is 215 g/mol. The summed E-state index contributed by atoms with van der Waals surface area (Å²) in [6.45, 7) is 1.74. The molecule has 0 saturated heterocycles. The molecular formula is C11H12ClFN2. The van der Waals surface area contributed by atoms with Gasteiger partial charge in [-0.25, -0.2) is 4.39 Å². The van der Waals surface area contributed by atoms with Gasteiger partial charge >= 0.3 is 0 Å². The maximum absolute atomic E-state index is 13.2. The van der Waals surface area contributed by atoms with E-state index < -0.39 is 5.82 Å². The fourth-order valence-electron chi connectivity index (χ4n) is 1.25. The lowest BCUT2D eigenvalue weighted by molar-refractivity contribution is 0.559. The molecule has 0 fully saturated rings. The third-order valence-corrected chi connectivity index (χ3v) is 2.44. The largest absolute Gasteiger partial charge is 0.271 e. The van der Waals surface area contributed by atoms with Crippen molar-refractivity contribution in [2.24, 2.45) is 5.84 Å². The molecule has 1 aromatic carbocycles. The molecule has 1 atom stereocenters. The van der Waals surface area contributed by atoms with Crippen LogP contribution in [0, 0.1) is 17.7 Å². The number of halogens is 2. The first-order valence-corrected chi connectivity index (χ1v) is 4.88. The van der Waals surface area contributed by atoms with Gasteiger partial charge in [-0.15, -0.1) is 11.8 Å². The van der Waals surface area contributed by atoms with Crippen LogP contribution in [0.25, 0.3) is 0 Å². The molecule has 0 aliphatic heterocycles. The number of hydrazine groups is 1. The van der Waals surface area contributed by atoms with Crippen molar-refractivity contribution in [1.82, 2.24) is 5.43 Å². The summed E-state index contributed by atoms with van der Waals surface area (Å²) in [6, 6.07) is 4.39. The average molecular weight is 227 g/mol. The molecule has 1 unspecified atom stereocenters. The summed E-state index contributed by atoms with van der Waals surface area (Å²) >= 11 is 5.83. The molecule has 0 aliphatic rings. The standard InChI is InChI=1S/C11H12ClFN2/c1-2-3-7-10(15-14)8-5-4-6-9(13)11(8)12/h4-6,10,15H,7,14H2,1H3. The van der Waals surface area contributed by atoms with Gasteiger partial charge in [-0.2, -0.15) is 0 Å². The maximum Gasteiger partial charge on any atom is 0.142 e. The van der Waals surface area contributed by atoms with E-state index in [1.165, 1.54) is 6.07 Å². The third-order valence-electron chi connectivity index (χ3n) is 2.04. The molecule has 0 bridgehead atoms. The lowest BCUT2D eigenvalue weighted by Crippen LogP contribution is -2.28. The van der Waals surface area contributed by atoms with Crippen molar-refractivity contribution in [2.45, 2.75) is 19.4 Å². The van der Waals surface area contributed by atoms with Crippen LogP contribution in [0.5, 0.6) is 0 Å². The van der Waals surface area contributed by atoms with Crippen LogP contribution in [0.15, 0.2) is 18.2 Å². The molecule has 1 rings (SSSR count). The second-order valence-electron chi connectivity index (χ2n) is 2.99. The van der Waals surface area contributed by atoms with Crippen molar-refractivity contribution >= 4 is 11.6 Å². The zero-order valence-electron chi connectivity index (χ0n) is 8.35. The summed E-state index contributed by atoms with van der Waals surface area (Å²) < 4.78 is 13.2. The lowest BCUT2D eigenvalue weighted by atomic mass is 10.0. The Morgan fingerprint density at radius 1 is 1.60 bits per heavy atom. The van der Waals surface area contributed by atoms with Crippen LogP contribution in [0.2, 0.25) is 5.02 Å². The predicted molar refractivity (Wildman–Crippen MR) is 59.5 cm³/mol. The molecule has 15 heavy (non-hydrogen) atoms. The summed E-state index contributed by atoms with van der Waals surface area (Å²) in [7, 11) is 0. The van der Waals surface area contributed by atoms with E-state index >= 15 is 0 Å². The van der Waals surface area contributed by atoms with Gasteiger partial charge in [0.05, 0.1) is 11.1 Å². The minimum atomic E-state index is -0.445. The normalized spacial score (nSPS) is 11.7. The van der Waals surface area contributed by atoms with Gasteiger partial charge in [-0.05, 0) is 18.6 Å². The summed E-state index contributed by atoms with van der Waals surface area (Å²) in [4.78, 5) is 0. The number of nitrogens with two attached hydrogens (primary N) is 1. The average Bonchev–Trinajstić information content (AvgIpc) is 2.25. The van der Waals surface area contributed by atoms with Crippen molar-refractivity contribution in [3.8, 4) is 11.8 Å². The van der Waals surface area contributed by atoms with Gasteiger partial charge in [-0.1, -0.05) is 23.7 Å². The van der Waals surface area contributed by atoms with Crippen molar-refractivity contribution in [1.29, 1.82) is 0 Å². The molecule has 3 N–H and O–H groups in total. The Morgan fingerprint density at radius 3 is 2.93 bits per heavy atom. The van der Waals surface area contributed by atoms with Gasteiger partial charge in [0.2, 0.25) is 0 Å². The van der Waals surface area contributed by atoms with Gasteiger partial charge in [-0.3, -0.25) is 11.3 Å². The van der Waals surface area contributed by atoms with Crippen LogP contribution in [0.4, 0.5) is 4.39 Å². The highest BCUT2D eigenvalue weighted by Gasteiger charge is 2.14. The van der Waals surface area contributed by atoms with Gasteiger partial charge < -0.3 is 0 Å². The van der Waals surface area contributed by atoms with Crippen molar-refractivity contribution < 1.29 is 4.39 Å². The van der Waals surface area contributed by atoms with Gasteiger partial charge in [0.1, 0.15) is 5.82 Å². The summed E-state index contributed by atoms with van der Waals surface area (Å²) in [5.41, 5.74) is 3.19. The first kappa shape index (κ1) is 12.0. The van der Waals surface area contributed by atoms with E-state index in [4.69, 9.17) is 17.4 Å². The van der Waals surface area contributed by atoms with E-state index in [-0.39, 0.29) is 11.1 Å². The zero-order valence-corrected chi connectivity index (χ0v) is 9.11. The summed E-state index contributed by atoms with van der Waals surface area (Å²) in [5.74, 6) is 10.5. The van der Waals surface area contributed by atoms with Crippen LogP contribution in [0.1, 0.15) is 24.9 Å². The number of benzene rings is 1. The van der Waals surface area contributed by atoms with Crippen molar-refractivity contribution in [3.63, 3.8) is 0 Å². The van der Waals surface area contributed by atoms with Crippen LogP contribution in [-0.2, 0) is 0 Å². The van der Waals surface area contributed by atoms with Crippen LogP contribution < -0.4 is 11.3 Å². The Morgan fingerprint density at radius 2 is 2.33 bits per heavy atom. The van der Waals surface area contributed by atoms with E-state index in [0.29, 0.717) is 12.0 Å². The molecule has 80 valence electrons. The third kappa shape index (κ3) is 2.93. The number of nitrogens with one attached hydrogen (secondary N) is 1. The Balaban J connectivity index is 2.99. The number of rotatable bonds is 3. The zero-order chi connectivity index (χ0) is 11.3. The molecule has 0 spiro atoms. The molecule has 0 saturated carbocycles. The molecule has 0 aliphatic carbocycles. The van der Waals surface area contributed by atoms with Gasteiger partial charge in [0.15, 0.2) is 0 Å². The van der Waals surface area contributed by atoms with Gasteiger partial charge in [0, 0.05) is 6.42 Å². The Bertz CT molecular complexity index is 395. The Kier molecular flexibility index (Phi) is 4.57. The molecule has 1 aromatic rings. The van der Waals surface area contributed by atoms with Crippen LogP contribution >= 0.6 is 11.6 Å². The van der Waals surface area contributed by atoms with E-state index in [1.807, 2.05) is 0 Å². The van der Waals surface area contributed by atoms with E-state index in [0.717, 1.165) is 0 Å². The smallest absolute Gasteiger partial charge is 0.142 e. The first-order valence-electron chi connectivity index (χ1n) is 4.50. The van der Waals surface area contributed by atoms with Crippen LogP contribution in [-0.4, -0.2) is 0 Å². The highest BCUT2D eigenvalue weighted by molar-refractivity contribution is 6.31.